The number of nitrogens with zero attached hydrogens (tertiary/aromatic N) is 2. The highest BCUT2D eigenvalue weighted by Gasteiger charge is 2.39. The number of hydrogen-bond donors (Lipinski definition) is 0. The molecule has 2 aliphatic rings. The van der Waals surface area contributed by atoms with Crippen molar-refractivity contribution in [2.75, 3.05) is 39.3 Å². The quantitative estimate of drug-likeness (QED) is 0.773. The number of piperazine rings is 1. The van der Waals surface area contributed by atoms with Crippen molar-refractivity contribution in [1.29, 1.82) is 0 Å². The Bertz CT molecular complexity index is 300. The Hall–Kier alpha value is -0.120. The van der Waals surface area contributed by atoms with Gasteiger partial charge in [0.1, 0.15) is 0 Å². The van der Waals surface area contributed by atoms with Gasteiger partial charge in [0.2, 0.25) is 0 Å². The molecule has 2 atom stereocenters. The smallest absolute Gasteiger partial charge is 0.0564 e. The largest absolute Gasteiger partial charge is 0.378 e. The first-order valence-corrected chi connectivity index (χ1v) is 9.15. The molecule has 3 heteroatoms. The summed E-state index contributed by atoms with van der Waals surface area (Å²) in [5.41, 5.74) is 0.403. The van der Waals surface area contributed by atoms with Crippen molar-refractivity contribution in [3.8, 4) is 0 Å². The van der Waals surface area contributed by atoms with Crippen LogP contribution in [0.2, 0.25) is 0 Å². The molecule has 0 aliphatic carbocycles. The molecule has 3 nitrogen and oxygen atoms in total. The highest BCUT2D eigenvalue weighted by atomic mass is 16.5. The summed E-state index contributed by atoms with van der Waals surface area (Å²) in [5.74, 6) is 0.824. The summed E-state index contributed by atoms with van der Waals surface area (Å²) in [4.78, 5) is 5.46. The molecule has 2 heterocycles. The predicted octanol–water partition coefficient (Wildman–Crippen LogP) is 3.39. The average Bonchev–Trinajstić information content (AvgIpc) is 2.68. The number of rotatable bonds is 5. The monoisotopic (exact) mass is 296 g/mol. The van der Waals surface area contributed by atoms with Gasteiger partial charge in [0.05, 0.1) is 6.10 Å². The van der Waals surface area contributed by atoms with Crippen molar-refractivity contribution < 1.29 is 4.74 Å². The van der Waals surface area contributed by atoms with Gasteiger partial charge in [-0.05, 0) is 51.5 Å². The molecule has 0 aromatic rings. The fourth-order valence-corrected chi connectivity index (χ4v) is 4.10. The van der Waals surface area contributed by atoms with Gasteiger partial charge in [0, 0.05) is 38.3 Å². The van der Waals surface area contributed by atoms with Crippen molar-refractivity contribution in [2.24, 2.45) is 5.92 Å². The summed E-state index contributed by atoms with van der Waals surface area (Å²) >= 11 is 0. The van der Waals surface area contributed by atoms with E-state index >= 15 is 0 Å². The van der Waals surface area contributed by atoms with Crippen molar-refractivity contribution in [1.82, 2.24) is 9.80 Å². The zero-order valence-corrected chi connectivity index (χ0v) is 14.7. The molecule has 0 saturated carbocycles. The predicted molar refractivity (Wildman–Crippen MR) is 89.8 cm³/mol. The van der Waals surface area contributed by atoms with Crippen LogP contribution in [0.1, 0.15) is 59.8 Å². The van der Waals surface area contributed by atoms with Gasteiger partial charge >= 0.3 is 0 Å². The van der Waals surface area contributed by atoms with Crippen LogP contribution in [0, 0.1) is 5.92 Å². The van der Waals surface area contributed by atoms with Crippen LogP contribution in [0.5, 0.6) is 0 Å². The van der Waals surface area contributed by atoms with Gasteiger partial charge in [-0.25, -0.2) is 0 Å². The Labute approximate surface area is 132 Å². The molecule has 0 amide bonds. The van der Waals surface area contributed by atoms with Crippen LogP contribution in [0.25, 0.3) is 0 Å². The lowest BCUT2D eigenvalue weighted by molar-refractivity contribution is -0.00393. The number of hydrogen-bond acceptors (Lipinski definition) is 3. The molecule has 2 aliphatic heterocycles. The van der Waals surface area contributed by atoms with Gasteiger partial charge in [0.15, 0.2) is 0 Å². The van der Waals surface area contributed by atoms with E-state index < -0.39 is 0 Å². The Kier molecular flexibility index (Phi) is 6.51. The summed E-state index contributed by atoms with van der Waals surface area (Å²) in [6, 6.07) is 0. The van der Waals surface area contributed by atoms with Gasteiger partial charge in [-0.1, -0.05) is 20.8 Å². The Morgan fingerprint density at radius 1 is 1.19 bits per heavy atom. The lowest BCUT2D eigenvalue weighted by atomic mass is 9.83. The van der Waals surface area contributed by atoms with E-state index in [1.807, 2.05) is 0 Å². The molecular formula is C18H36N2O. The fourth-order valence-electron chi connectivity index (χ4n) is 4.10. The normalized spacial score (nSPS) is 33.3. The van der Waals surface area contributed by atoms with E-state index in [-0.39, 0.29) is 0 Å². The summed E-state index contributed by atoms with van der Waals surface area (Å²) < 4.78 is 5.90. The SMILES string of the molecule is CCC1(N2CCN(CCC(C)C)CC2)CCCO[C@@H](C)C1. The van der Waals surface area contributed by atoms with Crippen LogP contribution in [0.4, 0.5) is 0 Å². The Balaban J connectivity index is 1.89. The Morgan fingerprint density at radius 3 is 2.52 bits per heavy atom. The molecule has 0 radical (unpaired) electrons. The molecule has 0 aromatic heterocycles. The summed E-state index contributed by atoms with van der Waals surface area (Å²) in [6.45, 7) is 16.5. The summed E-state index contributed by atoms with van der Waals surface area (Å²) in [7, 11) is 0. The maximum Gasteiger partial charge on any atom is 0.0564 e. The lowest BCUT2D eigenvalue weighted by Gasteiger charge is -2.48. The molecule has 2 fully saturated rings. The molecule has 2 saturated heterocycles. The minimum Gasteiger partial charge on any atom is -0.378 e. The van der Waals surface area contributed by atoms with E-state index in [1.54, 1.807) is 0 Å². The molecule has 1 unspecified atom stereocenters. The average molecular weight is 296 g/mol. The Morgan fingerprint density at radius 2 is 1.90 bits per heavy atom. The van der Waals surface area contributed by atoms with Crippen LogP contribution < -0.4 is 0 Å². The maximum atomic E-state index is 5.90. The maximum absolute atomic E-state index is 5.90. The topological polar surface area (TPSA) is 15.7 Å². The van der Waals surface area contributed by atoms with Crippen LogP contribution in [-0.4, -0.2) is 60.8 Å². The van der Waals surface area contributed by atoms with E-state index in [9.17, 15) is 0 Å². The van der Waals surface area contributed by atoms with Gasteiger partial charge in [-0.15, -0.1) is 0 Å². The van der Waals surface area contributed by atoms with E-state index in [0.717, 1.165) is 12.5 Å². The second kappa shape index (κ2) is 7.94. The van der Waals surface area contributed by atoms with Crippen LogP contribution in [-0.2, 0) is 4.74 Å². The number of ether oxygens (including phenoxy) is 1. The minimum atomic E-state index is 0.403. The first-order chi connectivity index (χ1) is 10.1. The molecule has 124 valence electrons. The standard InChI is InChI=1S/C18H36N2O/c1-5-18(8-6-14-21-17(4)15-18)20-12-10-19(11-13-20)9-7-16(2)3/h16-17H,5-15H2,1-4H3/t17-,18?/m0/s1. The van der Waals surface area contributed by atoms with E-state index in [1.165, 1.54) is 64.8 Å². The second-order valence-corrected chi connectivity index (χ2v) is 7.58. The van der Waals surface area contributed by atoms with Crippen molar-refractivity contribution in [2.45, 2.75) is 71.4 Å². The van der Waals surface area contributed by atoms with Crippen LogP contribution >= 0.6 is 0 Å². The molecule has 0 spiro atoms. The first kappa shape index (κ1) is 17.2. The molecule has 0 aromatic carbocycles. The van der Waals surface area contributed by atoms with E-state index in [2.05, 4.69) is 37.5 Å². The second-order valence-electron chi connectivity index (χ2n) is 7.58. The first-order valence-electron chi connectivity index (χ1n) is 9.15. The lowest BCUT2D eigenvalue weighted by Crippen LogP contribution is -2.57. The van der Waals surface area contributed by atoms with Crippen LogP contribution in [0.3, 0.4) is 0 Å². The third-order valence-electron chi connectivity index (χ3n) is 5.58. The van der Waals surface area contributed by atoms with Crippen molar-refractivity contribution in [3.63, 3.8) is 0 Å². The molecule has 21 heavy (non-hydrogen) atoms. The zero-order chi connectivity index (χ0) is 15.3. The summed E-state index contributed by atoms with van der Waals surface area (Å²) in [6.07, 6.45) is 6.80. The van der Waals surface area contributed by atoms with Crippen LogP contribution in [0.15, 0.2) is 0 Å². The summed E-state index contributed by atoms with van der Waals surface area (Å²) in [5, 5.41) is 0. The molecular weight excluding hydrogens is 260 g/mol. The van der Waals surface area contributed by atoms with Gasteiger partial charge in [-0.2, -0.15) is 0 Å². The highest BCUT2D eigenvalue weighted by molar-refractivity contribution is 4.94. The van der Waals surface area contributed by atoms with Gasteiger partial charge < -0.3 is 9.64 Å². The van der Waals surface area contributed by atoms with Gasteiger partial charge in [0.25, 0.3) is 0 Å². The van der Waals surface area contributed by atoms with Crippen molar-refractivity contribution in [3.05, 3.63) is 0 Å². The zero-order valence-electron chi connectivity index (χ0n) is 14.7. The third-order valence-corrected chi connectivity index (χ3v) is 5.58. The minimum absolute atomic E-state index is 0.403. The van der Waals surface area contributed by atoms with Crippen molar-refractivity contribution >= 4 is 0 Å². The molecule has 0 bridgehead atoms. The molecule has 2 rings (SSSR count). The van der Waals surface area contributed by atoms with E-state index in [0.29, 0.717) is 11.6 Å². The fraction of sp³-hybridized carbons (Fsp3) is 1.00. The third kappa shape index (κ3) is 4.67. The van der Waals surface area contributed by atoms with E-state index in [4.69, 9.17) is 4.74 Å². The van der Waals surface area contributed by atoms with Gasteiger partial charge in [-0.3, -0.25) is 4.90 Å². The molecule has 0 N–H and O–H groups in total. The highest BCUT2D eigenvalue weighted by Crippen LogP contribution is 2.34.